The smallest absolute Gasteiger partial charge is 0.242 e. The van der Waals surface area contributed by atoms with Gasteiger partial charge >= 0.3 is 0 Å². The highest BCUT2D eigenvalue weighted by Gasteiger charge is 2.25. The minimum atomic E-state index is -3.79. The molecule has 2 aromatic carbocycles. The first kappa shape index (κ1) is 18.2. The Bertz CT molecular complexity index is 823. The van der Waals surface area contributed by atoms with E-state index < -0.39 is 22.0 Å². The Morgan fingerprint density at radius 2 is 1.54 bits per heavy atom. The van der Waals surface area contributed by atoms with Gasteiger partial charge in [-0.25, -0.2) is 8.42 Å². The van der Waals surface area contributed by atoms with E-state index in [4.69, 9.17) is 0 Å². The fourth-order valence-corrected chi connectivity index (χ4v) is 4.36. The summed E-state index contributed by atoms with van der Waals surface area (Å²) in [6, 6.07) is 11.7. The van der Waals surface area contributed by atoms with E-state index in [1.807, 2.05) is 25.1 Å². The van der Waals surface area contributed by atoms with E-state index in [-0.39, 0.29) is 4.90 Å². The standard InChI is InChI=1S/C18H22N2O3S/c1-12-10-13(2)17(14(3)11-12)24(22,23)20-15(4)18(21)19-16-8-6-5-7-9-16/h5-11,15,20H,1-4H3,(H,19,21). The van der Waals surface area contributed by atoms with Gasteiger partial charge < -0.3 is 5.32 Å². The van der Waals surface area contributed by atoms with Crippen LogP contribution in [0, 0.1) is 20.8 Å². The molecule has 0 aliphatic heterocycles. The monoisotopic (exact) mass is 346 g/mol. The maximum atomic E-state index is 12.7. The summed E-state index contributed by atoms with van der Waals surface area (Å²) in [5, 5.41) is 2.69. The van der Waals surface area contributed by atoms with E-state index in [1.54, 1.807) is 38.1 Å². The maximum absolute atomic E-state index is 12.7. The molecule has 1 unspecified atom stereocenters. The van der Waals surface area contributed by atoms with E-state index in [2.05, 4.69) is 10.0 Å². The Kier molecular flexibility index (Phi) is 5.41. The normalized spacial score (nSPS) is 12.7. The maximum Gasteiger partial charge on any atom is 0.242 e. The summed E-state index contributed by atoms with van der Waals surface area (Å²) in [6.45, 7) is 6.95. The van der Waals surface area contributed by atoms with Crippen LogP contribution in [-0.4, -0.2) is 20.4 Å². The number of aryl methyl sites for hydroxylation is 3. The first-order valence-electron chi connectivity index (χ1n) is 7.67. The van der Waals surface area contributed by atoms with E-state index in [9.17, 15) is 13.2 Å². The van der Waals surface area contributed by atoms with Crippen LogP contribution >= 0.6 is 0 Å². The number of sulfonamides is 1. The summed E-state index contributed by atoms with van der Waals surface area (Å²) >= 11 is 0. The SMILES string of the molecule is Cc1cc(C)c(S(=O)(=O)NC(C)C(=O)Nc2ccccc2)c(C)c1. The first-order chi connectivity index (χ1) is 11.2. The van der Waals surface area contributed by atoms with Crippen LogP contribution in [0.3, 0.4) is 0 Å². The molecule has 2 rings (SSSR count). The van der Waals surface area contributed by atoms with Crippen LogP contribution in [0.4, 0.5) is 5.69 Å². The van der Waals surface area contributed by atoms with Gasteiger partial charge in [0.05, 0.1) is 10.9 Å². The van der Waals surface area contributed by atoms with Crippen LogP contribution in [0.25, 0.3) is 0 Å². The Morgan fingerprint density at radius 3 is 2.08 bits per heavy atom. The topological polar surface area (TPSA) is 75.3 Å². The zero-order chi connectivity index (χ0) is 17.9. The fraction of sp³-hybridized carbons (Fsp3) is 0.278. The van der Waals surface area contributed by atoms with Crippen LogP contribution in [0.1, 0.15) is 23.6 Å². The largest absolute Gasteiger partial charge is 0.325 e. The molecule has 0 bridgehead atoms. The van der Waals surface area contributed by atoms with Crippen LogP contribution in [0.2, 0.25) is 0 Å². The minimum absolute atomic E-state index is 0.229. The van der Waals surface area contributed by atoms with Gasteiger partial charge in [0, 0.05) is 5.69 Å². The van der Waals surface area contributed by atoms with Gasteiger partial charge in [0.1, 0.15) is 0 Å². The fourth-order valence-electron chi connectivity index (χ4n) is 2.71. The van der Waals surface area contributed by atoms with Crippen molar-refractivity contribution in [2.75, 3.05) is 5.32 Å². The average Bonchev–Trinajstić information content (AvgIpc) is 2.46. The van der Waals surface area contributed by atoms with Crippen LogP contribution < -0.4 is 10.0 Å². The molecular weight excluding hydrogens is 324 g/mol. The van der Waals surface area contributed by atoms with E-state index >= 15 is 0 Å². The number of carbonyl (C=O) groups is 1. The summed E-state index contributed by atoms with van der Waals surface area (Å²) in [4.78, 5) is 12.4. The third kappa shape index (κ3) is 4.21. The number of carbonyl (C=O) groups excluding carboxylic acids is 1. The lowest BCUT2D eigenvalue weighted by Crippen LogP contribution is -2.41. The predicted octanol–water partition coefficient (Wildman–Crippen LogP) is 2.92. The summed E-state index contributed by atoms with van der Waals surface area (Å²) in [5.74, 6) is -0.410. The average molecular weight is 346 g/mol. The number of nitrogens with one attached hydrogen (secondary N) is 2. The van der Waals surface area contributed by atoms with Crippen molar-refractivity contribution >= 4 is 21.6 Å². The zero-order valence-electron chi connectivity index (χ0n) is 14.3. The number of amides is 1. The third-order valence-corrected chi connectivity index (χ3v) is 5.49. The van der Waals surface area contributed by atoms with Crippen molar-refractivity contribution in [3.05, 3.63) is 59.2 Å². The molecule has 0 saturated carbocycles. The molecule has 5 nitrogen and oxygen atoms in total. The van der Waals surface area contributed by atoms with Crippen LogP contribution in [0.15, 0.2) is 47.4 Å². The van der Waals surface area contributed by atoms with Crippen LogP contribution in [0.5, 0.6) is 0 Å². The molecule has 2 aromatic rings. The van der Waals surface area contributed by atoms with Gasteiger partial charge in [-0.15, -0.1) is 0 Å². The van der Waals surface area contributed by atoms with Crippen molar-refractivity contribution in [2.24, 2.45) is 0 Å². The molecule has 0 radical (unpaired) electrons. The Hall–Kier alpha value is -2.18. The first-order valence-corrected chi connectivity index (χ1v) is 9.15. The molecule has 1 atom stereocenters. The van der Waals surface area contributed by atoms with Gasteiger partial charge in [-0.3, -0.25) is 4.79 Å². The third-order valence-electron chi connectivity index (χ3n) is 3.64. The van der Waals surface area contributed by atoms with Crippen molar-refractivity contribution in [3.8, 4) is 0 Å². The molecule has 0 aromatic heterocycles. The summed E-state index contributed by atoms with van der Waals surface area (Å²) in [7, 11) is -3.79. The number of benzene rings is 2. The highest BCUT2D eigenvalue weighted by Crippen LogP contribution is 2.22. The van der Waals surface area contributed by atoms with Crippen molar-refractivity contribution in [1.82, 2.24) is 4.72 Å². The molecule has 1 amide bonds. The van der Waals surface area contributed by atoms with Gasteiger partial charge in [-0.1, -0.05) is 35.9 Å². The quantitative estimate of drug-likeness (QED) is 0.874. The van der Waals surface area contributed by atoms with Crippen molar-refractivity contribution in [3.63, 3.8) is 0 Å². The van der Waals surface area contributed by atoms with Gasteiger partial charge in [-0.2, -0.15) is 4.72 Å². The van der Waals surface area contributed by atoms with E-state index in [0.717, 1.165) is 5.56 Å². The molecule has 24 heavy (non-hydrogen) atoms. The number of rotatable bonds is 5. The van der Waals surface area contributed by atoms with Crippen LogP contribution in [-0.2, 0) is 14.8 Å². The highest BCUT2D eigenvalue weighted by atomic mass is 32.2. The molecule has 0 spiro atoms. The molecular formula is C18H22N2O3S. The van der Waals surface area contributed by atoms with Gasteiger partial charge in [-0.05, 0) is 51.0 Å². The van der Waals surface area contributed by atoms with Crippen molar-refractivity contribution in [1.29, 1.82) is 0 Å². The van der Waals surface area contributed by atoms with E-state index in [0.29, 0.717) is 16.8 Å². The number of hydrogen-bond acceptors (Lipinski definition) is 3. The van der Waals surface area contributed by atoms with E-state index in [1.165, 1.54) is 6.92 Å². The Balaban J connectivity index is 2.18. The summed E-state index contributed by atoms with van der Waals surface area (Å²) in [6.07, 6.45) is 0. The molecule has 0 saturated heterocycles. The summed E-state index contributed by atoms with van der Waals surface area (Å²) in [5.41, 5.74) is 2.95. The molecule has 0 heterocycles. The highest BCUT2D eigenvalue weighted by molar-refractivity contribution is 7.89. The van der Waals surface area contributed by atoms with Gasteiger partial charge in [0.2, 0.25) is 15.9 Å². The minimum Gasteiger partial charge on any atom is -0.325 e. The molecule has 2 N–H and O–H groups in total. The second-order valence-corrected chi connectivity index (χ2v) is 7.58. The number of anilines is 1. The lowest BCUT2D eigenvalue weighted by atomic mass is 10.1. The van der Waals surface area contributed by atoms with Gasteiger partial charge in [0.15, 0.2) is 0 Å². The molecule has 0 aliphatic rings. The Morgan fingerprint density at radius 1 is 1.00 bits per heavy atom. The van der Waals surface area contributed by atoms with Gasteiger partial charge in [0.25, 0.3) is 0 Å². The second-order valence-electron chi connectivity index (χ2n) is 5.93. The zero-order valence-corrected chi connectivity index (χ0v) is 15.1. The number of para-hydroxylation sites is 1. The molecule has 128 valence electrons. The Labute approximate surface area is 143 Å². The molecule has 6 heteroatoms. The second kappa shape index (κ2) is 7.15. The predicted molar refractivity (Wildman–Crippen MR) is 95.5 cm³/mol. The number of hydrogen-bond donors (Lipinski definition) is 2. The van der Waals surface area contributed by atoms with Crippen molar-refractivity contribution < 1.29 is 13.2 Å². The summed E-state index contributed by atoms with van der Waals surface area (Å²) < 4.78 is 27.8. The lowest BCUT2D eigenvalue weighted by molar-refractivity contribution is -0.117. The lowest BCUT2D eigenvalue weighted by Gasteiger charge is -2.17. The molecule has 0 fully saturated rings. The molecule has 0 aliphatic carbocycles. The van der Waals surface area contributed by atoms with Crippen molar-refractivity contribution in [2.45, 2.75) is 38.6 Å².